The second-order valence-electron chi connectivity index (χ2n) is 4.44. The summed E-state index contributed by atoms with van der Waals surface area (Å²) in [6, 6.07) is 6.38. The number of unbranched alkanes of at least 4 members (excludes halogenated alkanes) is 1. The lowest BCUT2D eigenvalue weighted by atomic mass is 10.1. The lowest BCUT2D eigenvalue weighted by Gasteiger charge is -2.10. The van der Waals surface area contributed by atoms with E-state index < -0.39 is 0 Å². The fourth-order valence-corrected chi connectivity index (χ4v) is 1.71. The monoisotopic (exact) mass is 255 g/mol. The van der Waals surface area contributed by atoms with E-state index in [1.54, 1.807) is 0 Å². The lowest BCUT2D eigenvalue weighted by Crippen LogP contribution is -2.20. The van der Waals surface area contributed by atoms with Crippen molar-refractivity contribution in [3.05, 3.63) is 28.8 Å². The maximum Gasteiger partial charge on any atom is 0.119 e. The molecule has 1 rings (SSSR count). The Balaban J connectivity index is 2.20. The van der Waals surface area contributed by atoms with Crippen molar-refractivity contribution >= 4 is 11.6 Å². The summed E-state index contributed by atoms with van der Waals surface area (Å²) in [4.78, 5) is 0. The fraction of sp³-hybridized carbons (Fsp3) is 0.571. The summed E-state index contributed by atoms with van der Waals surface area (Å²) in [6.07, 6.45) is 3.47. The molecule has 0 aromatic heterocycles. The van der Waals surface area contributed by atoms with Gasteiger partial charge in [0.05, 0.1) is 6.61 Å². The Bertz CT molecular complexity index is 341. The molecule has 0 bridgehead atoms. The van der Waals surface area contributed by atoms with Gasteiger partial charge in [0.1, 0.15) is 5.75 Å². The third-order valence-corrected chi connectivity index (χ3v) is 3.35. The molecule has 2 nitrogen and oxygen atoms in total. The first-order valence-corrected chi connectivity index (χ1v) is 6.57. The van der Waals surface area contributed by atoms with E-state index in [0.717, 1.165) is 29.4 Å². The quantitative estimate of drug-likeness (QED) is 0.749. The van der Waals surface area contributed by atoms with Crippen molar-refractivity contribution in [3.63, 3.8) is 0 Å². The molecule has 0 aliphatic carbocycles. The van der Waals surface area contributed by atoms with E-state index in [4.69, 9.17) is 16.3 Å². The molecule has 0 aliphatic rings. The molecule has 0 aliphatic heterocycles. The van der Waals surface area contributed by atoms with Crippen LogP contribution in [0.2, 0.25) is 5.02 Å². The van der Waals surface area contributed by atoms with E-state index in [2.05, 4.69) is 12.2 Å². The second-order valence-corrected chi connectivity index (χ2v) is 4.85. The van der Waals surface area contributed by atoms with Crippen LogP contribution < -0.4 is 10.1 Å². The second kappa shape index (κ2) is 7.57. The van der Waals surface area contributed by atoms with Gasteiger partial charge in [-0.05, 0) is 63.9 Å². The van der Waals surface area contributed by atoms with E-state index in [0.29, 0.717) is 6.04 Å². The van der Waals surface area contributed by atoms with E-state index >= 15 is 0 Å². The lowest BCUT2D eigenvalue weighted by molar-refractivity contribution is 0.302. The Kier molecular flexibility index (Phi) is 6.38. The summed E-state index contributed by atoms with van der Waals surface area (Å²) in [5.41, 5.74) is 1.06. The summed E-state index contributed by atoms with van der Waals surface area (Å²) < 4.78 is 5.68. The normalized spacial score (nSPS) is 12.5. The standard InChI is InChI=1S/C14H22ClNO/c1-11-10-13(7-8-14(11)15)17-9-5-4-6-12(2)16-3/h7-8,10,12,16H,4-6,9H2,1-3H3. The Labute approximate surface area is 109 Å². The summed E-state index contributed by atoms with van der Waals surface area (Å²) in [6.45, 7) is 4.96. The fourth-order valence-electron chi connectivity index (χ4n) is 1.59. The summed E-state index contributed by atoms with van der Waals surface area (Å²) >= 11 is 5.95. The van der Waals surface area contributed by atoms with Gasteiger partial charge in [-0.3, -0.25) is 0 Å². The molecule has 1 aromatic rings. The van der Waals surface area contributed by atoms with Crippen LogP contribution in [0.4, 0.5) is 0 Å². The number of rotatable bonds is 7. The third kappa shape index (κ3) is 5.42. The molecule has 1 atom stereocenters. The molecule has 0 radical (unpaired) electrons. The van der Waals surface area contributed by atoms with Crippen molar-refractivity contribution in [2.24, 2.45) is 0 Å². The Morgan fingerprint density at radius 3 is 2.76 bits per heavy atom. The van der Waals surface area contributed by atoms with Crippen LogP contribution in [-0.2, 0) is 0 Å². The summed E-state index contributed by atoms with van der Waals surface area (Å²) in [5.74, 6) is 0.911. The number of benzene rings is 1. The van der Waals surface area contributed by atoms with Crippen LogP contribution in [0, 0.1) is 6.92 Å². The van der Waals surface area contributed by atoms with Gasteiger partial charge >= 0.3 is 0 Å². The Morgan fingerprint density at radius 2 is 2.12 bits per heavy atom. The van der Waals surface area contributed by atoms with E-state index in [9.17, 15) is 0 Å². The highest BCUT2D eigenvalue weighted by Crippen LogP contribution is 2.21. The molecule has 1 aromatic carbocycles. The van der Waals surface area contributed by atoms with Gasteiger partial charge in [-0.25, -0.2) is 0 Å². The van der Waals surface area contributed by atoms with Gasteiger partial charge in [0.15, 0.2) is 0 Å². The third-order valence-electron chi connectivity index (χ3n) is 2.92. The molecule has 0 fully saturated rings. The van der Waals surface area contributed by atoms with Gasteiger partial charge in [-0.1, -0.05) is 11.6 Å². The van der Waals surface area contributed by atoms with Crippen LogP contribution in [0.1, 0.15) is 31.7 Å². The zero-order chi connectivity index (χ0) is 12.7. The molecule has 0 saturated carbocycles. The predicted molar refractivity (Wildman–Crippen MR) is 74.1 cm³/mol. The first-order chi connectivity index (χ1) is 8.13. The predicted octanol–water partition coefficient (Wildman–Crippen LogP) is 3.81. The van der Waals surface area contributed by atoms with Crippen molar-refractivity contribution < 1.29 is 4.74 Å². The van der Waals surface area contributed by atoms with E-state index in [-0.39, 0.29) is 0 Å². The highest BCUT2D eigenvalue weighted by Gasteiger charge is 2.00. The SMILES string of the molecule is CNC(C)CCCCOc1ccc(Cl)c(C)c1. The van der Waals surface area contributed by atoms with Crippen LogP contribution in [0.25, 0.3) is 0 Å². The van der Waals surface area contributed by atoms with Gasteiger partial charge in [-0.15, -0.1) is 0 Å². The van der Waals surface area contributed by atoms with Crippen molar-refractivity contribution in [2.45, 2.75) is 39.2 Å². The minimum absolute atomic E-state index is 0.591. The molecular formula is C14H22ClNO. The minimum atomic E-state index is 0.591. The molecule has 0 spiro atoms. The average molecular weight is 256 g/mol. The average Bonchev–Trinajstić information content (AvgIpc) is 2.33. The number of aryl methyl sites for hydroxylation is 1. The molecular weight excluding hydrogens is 234 g/mol. The van der Waals surface area contributed by atoms with Crippen LogP contribution in [0.3, 0.4) is 0 Å². The number of ether oxygens (including phenoxy) is 1. The molecule has 0 saturated heterocycles. The molecule has 96 valence electrons. The van der Waals surface area contributed by atoms with Gasteiger partial charge in [0.2, 0.25) is 0 Å². The zero-order valence-electron chi connectivity index (χ0n) is 10.9. The van der Waals surface area contributed by atoms with Gasteiger partial charge in [0.25, 0.3) is 0 Å². The highest BCUT2D eigenvalue weighted by atomic mass is 35.5. The first kappa shape index (κ1) is 14.3. The smallest absolute Gasteiger partial charge is 0.119 e. The number of halogens is 1. The van der Waals surface area contributed by atoms with Gasteiger partial charge in [-0.2, -0.15) is 0 Å². The van der Waals surface area contributed by atoms with Gasteiger partial charge < -0.3 is 10.1 Å². The number of hydrogen-bond acceptors (Lipinski definition) is 2. The van der Waals surface area contributed by atoms with E-state index in [1.807, 2.05) is 32.2 Å². The van der Waals surface area contributed by atoms with E-state index in [1.165, 1.54) is 12.8 Å². The minimum Gasteiger partial charge on any atom is -0.494 e. The number of nitrogens with one attached hydrogen (secondary N) is 1. The molecule has 0 heterocycles. The van der Waals surface area contributed by atoms with Crippen LogP contribution in [0.5, 0.6) is 5.75 Å². The topological polar surface area (TPSA) is 21.3 Å². The van der Waals surface area contributed by atoms with Crippen molar-refractivity contribution in [1.82, 2.24) is 5.32 Å². The Hall–Kier alpha value is -0.730. The van der Waals surface area contributed by atoms with Crippen LogP contribution >= 0.6 is 11.6 Å². The maximum atomic E-state index is 5.95. The molecule has 17 heavy (non-hydrogen) atoms. The van der Waals surface area contributed by atoms with Gasteiger partial charge in [0, 0.05) is 11.1 Å². The molecule has 3 heteroatoms. The van der Waals surface area contributed by atoms with Crippen molar-refractivity contribution in [2.75, 3.05) is 13.7 Å². The largest absolute Gasteiger partial charge is 0.494 e. The number of hydrogen-bond donors (Lipinski definition) is 1. The highest BCUT2D eigenvalue weighted by molar-refractivity contribution is 6.31. The van der Waals surface area contributed by atoms with Crippen LogP contribution in [0.15, 0.2) is 18.2 Å². The zero-order valence-corrected chi connectivity index (χ0v) is 11.7. The summed E-state index contributed by atoms with van der Waals surface area (Å²) in [7, 11) is 2.00. The Morgan fingerprint density at radius 1 is 1.35 bits per heavy atom. The summed E-state index contributed by atoms with van der Waals surface area (Å²) in [5, 5.41) is 4.02. The van der Waals surface area contributed by atoms with Crippen LogP contribution in [-0.4, -0.2) is 19.7 Å². The van der Waals surface area contributed by atoms with Crippen molar-refractivity contribution in [1.29, 1.82) is 0 Å². The molecule has 1 unspecified atom stereocenters. The maximum absolute atomic E-state index is 5.95. The van der Waals surface area contributed by atoms with Crippen molar-refractivity contribution in [3.8, 4) is 5.75 Å². The first-order valence-electron chi connectivity index (χ1n) is 6.19. The molecule has 0 amide bonds. The molecule has 1 N–H and O–H groups in total.